The molecule has 9 heterocycles. The van der Waals surface area contributed by atoms with Gasteiger partial charge in [0.25, 0.3) is 0 Å². The molecular formula is C107H139N11O3S2. The number of imidazole rings is 3. The molecule has 1 aliphatic carbocycles. The quantitative estimate of drug-likeness (QED) is 0.115. The van der Waals surface area contributed by atoms with Gasteiger partial charge in [-0.1, -0.05) is 266 Å². The van der Waals surface area contributed by atoms with Crippen LogP contribution >= 0.6 is 11.3 Å². The average molecular weight is 1690 g/mol. The van der Waals surface area contributed by atoms with Crippen molar-refractivity contribution in [3.8, 4) is 5.75 Å². The molecule has 0 atom stereocenters. The molecule has 14 nitrogen and oxygen atoms in total. The number of nitrogens with zero attached hydrogens (tertiary/aromatic N) is 7. The first kappa shape index (κ1) is 94.9. The zero-order valence-electron chi connectivity index (χ0n) is 79.7. The molecule has 0 spiro atoms. The number of hydrogen-bond acceptors (Lipinski definition) is 10. The summed E-state index contributed by atoms with van der Waals surface area (Å²) in [6, 6.07) is 57.4. The normalized spacial score (nSPS) is 13.7. The van der Waals surface area contributed by atoms with Gasteiger partial charge in [-0.2, -0.15) is 5.10 Å². The van der Waals surface area contributed by atoms with Crippen molar-refractivity contribution >= 4 is 87.1 Å². The number of rotatable bonds is 0. The minimum absolute atomic E-state index is 0.0207. The minimum atomic E-state index is -3.17. The lowest BCUT2D eigenvalue weighted by Crippen LogP contribution is -2.13. The first-order valence-electron chi connectivity index (χ1n) is 43.6. The van der Waals surface area contributed by atoms with Crippen LogP contribution in [0.4, 0.5) is 0 Å². The van der Waals surface area contributed by atoms with Gasteiger partial charge in [0, 0.05) is 45.6 Å². The number of pyridine rings is 1. The van der Waals surface area contributed by atoms with Crippen molar-refractivity contribution in [2.24, 2.45) is 0 Å². The van der Waals surface area contributed by atoms with E-state index in [1.54, 1.807) is 57.3 Å². The van der Waals surface area contributed by atoms with Crippen LogP contribution in [0.1, 0.15) is 288 Å². The number of nitrogens with one attached hydrogen (secondary N) is 4. The molecule has 0 bridgehead atoms. The molecule has 2 aliphatic heterocycles. The van der Waals surface area contributed by atoms with E-state index in [-0.39, 0.29) is 43.3 Å². The Morgan fingerprint density at radius 3 is 1.63 bits per heavy atom. The van der Waals surface area contributed by atoms with Gasteiger partial charge in [0.15, 0.2) is 15.5 Å². The Balaban J connectivity index is 0.000000145. The first-order valence-corrected chi connectivity index (χ1v) is 46.0. The molecule has 4 N–H and O–H groups in total. The lowest BCUT2D eigenvalue weighted by molar-refractivity contribution is 0.356. The molecule has 0 saturated heterocycles. The van der Waals surface area contributed by atoms with Gasteiger partial charge < -0.3 is 24.7 Å². The van der Waals surface area contributed by atoms with Crippen LogP contribution in [0.2, 0.25) is 0 Å². The van der Waals surface area contributed by atoms with Crippen molar-refractivity contribution in [2.75, 3.05) is 6.61 Å². The van der Waals surface area contributed by atoms with E-state index >= 15 is 0 Å². The van der Waals surface area contributed by atoms with Gasteiger partial charge in [-0.25, -0.2) is 37.9 Å². The molecule has 123 heavy (non-hydrogen) atoms. The van der Waals surface area contributed by atoms with Crippen LogP contribution in [0.3, 0.4) is 0 Å². The maximum atomic E-state index is 11.6. The summed E-state index contributed by atoms with van der Waals surface area (Å²) in [6.07, 6.45) is 11.9. The lowest BCUT2D eigenvalue weighted by Gasteiger charge is -2.22. The number of H-pyrrole nitrogens is 4. The van der Waals surface area contributed by atoms with Gasteiger partial charge in [-0.15, -0.1) is 11.3 Å². The van der Waals surface area contributed by atoms with E-state index < -0.39 is 9.84 Å². The summed E-state index contributed by atoms with van der Waals surface area (Å²) in [5.74, 6) is 3.18. The number of para-hydroxylation sites is 2. The van der Waals surface area contributed by atoms with Crippen molar-refractivity contribution in [1.82, 2.24) is 54.5 Å². The zero-order chi connectivity index (χ0) is 90.5. The van der Waals surface area contributed by atoms with Crippen molar-refractivity contribution in [3.63, 3.8) is 0 Å². The lowest BCUT2D eigenvalue weighted by atomic mass is 9.83. The summed E-state index contributed by atoms with van der Waals surface area (Å²) >= 11 is 1.76. The predicted octanol–water partition coefficient (Wildman–Crippen LogP) is 28.0. The standard InChI is InChI=1S/C13H18N2.C13H17N.C13H18.C12H15NS.C12H14O2S.C12H16O.2C11H14N2.C10H13N3/c1-8-6-10-11(7-9(8)2)15-12(14-10)13(3,4)5;1-9-7-10-8-11(13(2,3)4)5-6-12(10)14-9;1-13(2,3)12-9-5-7-10-6-4-8-11(10)12;1-8-13-10-7-9(12(2,3)4)5-6-11(10)14-8;1-12(2,3)10-5-4-9-6-7-15(13,14)11(9)8-10;1-12(2,3)10-4-5-11-9(8-10)6-7-13-11;1-11(2,3)8-4-5-9-10(6-8)13-7-12-9;1-11(2,3)10-12-8-6-4-5-7-9(8)13-10;1-10(2,3)8-5-4-6-13-9(8)11-7-12-13/h6-7H,1-5H3,(H,14,15);5-8,14H,1-4H3;5,7,9H,4,6,8H2,1-3H3;5-7H,1-4H3;4-8H,1-3H3;4-5,8H,6-7H2,1-3H3;2*4-7H,1-3H3,(H,12,13);4-7H,1-3H3. The second-order valence-corrected chi connectivity index (χ2v) is 45.5. The SMILES string of the molecule is CC(C)(C)c1ccc2c(c1)CCO2.CC(C)(C)c1ccc2c(c1)S(=O)(=O)C=C2.CC(C)(C)c1ccc2nc[nH]c2c1.CC(C)(C)c1cccc2c1CCC2.CC(C)(C)c1cccn2ncnc12.CC(C)(C)c1nc2ccccc2[nH]1.Cc1cc2cc(C(C)(C)C)ccc2[nH]1.Cc1cc2nc(C(C)(C)C)[nH]c2cc1C.Cc1nc2cc(C(C)(C)C)ccc2s1. The fourth-order valence-corrected chi connectivity index (χ4v) is 16.7. The van der Waals surface area contributed by atoms with E-state index in [0.29, 0.717) is 10.3 Å². The number of thiazole rings is 1. The second kappa shape index (κ2) is 37.3. The topological polar surface area (TPSA) is 188 Å². The highest BCUT2D eigenvalue weighted by Gasteiger charge is 2.27. The average Bonchev–Trinajstić information content (AvgIpc) is 1.64. The van der Waals surface area contributed by atoms with E-state index in [1.807, 2.05) is 42.6 Å². The van der Waals surface area contributed by atoms with E-state index in [1.165, 1.54) is 90.5 Å². The number of benzene rings is 8. The van der Waals surface area contributed by atoms with Crippen LogP contribution in [0.15, 0.2) is 193 Å². The maximum Gasteiger partial charge on any atom is 0.200 e. The maximum absolute atomic E-state index is 11.6. The van der Waals surface area contributed by atoms with Crippen molar-refractivity contribution < 1.29 is 13.2 Å². The summed E-state index contributed by atoms with van der Waals surface area (Å²) in [5.41, 5.74) is 29.9. The summed E-state index contributed by atoms with van der Waals surface area (Å²) in [6.45, 7) is 68.7. The summed E-state index contributed by atoms with van der Waals surface area (Å²) < 4.78 is 31.9. The smallest absolute Gasteiger partial charge is 0.200 e. The van der Waals surface area contributed by atoms with E-state index in [0.717, 1.165) is 90.8 Å². The molecule has 0 radical (unpaired) electrons. The molecule has 0 unspecified atom stereocenters. The van der Waals surface area contributed by atoms with Crippen LogP contribution < -0.4 is 4.74 Å². The molecule has 18 rings (SSSR count). The fraction of sp³-hybridized carbons (Fsp3) is 0.421. The molecular weight excluding hydrogens is 1550 g/mol. The second-order valence-electron chi connectivity index (χ2n) is 42.5. The van der Waals surface area contributed by atoms with Crippen molar-refractivity contribution in [3.05, 3.63) is 283 Å². The molecule has 8 aromatic carbocycles. The third-order valence-corrected chi connectivity index (χ3v) is 24.8. The Morgan fingerprint density at radius 2 is 0.992 bits per heavy atom. The highest BCUT2D eigenvalue weighted by Crippen LogP contribution is 2.38. The monoisotopic (exact) mass is 1690 g/mol. The molecule has 7 aromatic heterocycles. The molecule has 0 fully saturated rings. The van der Waals surface area contributed by atoms with Gasteiger partial charge >= 0.3 is 0 Å². The first-order chi connectivity index (χ1) is 57.0. The zero-order valence-corrected chi connectivity index (χ0v) is 81.3. The van der Waals surface area contributed by atoms with Gasteiger partial charge in [0.1, 0.15) is 23.7 Å². The van der Waals surface area contributed by atoms with Crippen molar-refractivity contribution in [1.29, 1.82) is 0 Å². The van der Waals surface area contributed by atoms with Crippen LogP contribution in [0.5, 0.6) is 5.75 Å². The van der Waals surface area contributed by atoms with Gasteiger partial charge in [0.05, 0.1) is 66.2 Å². The highest BCUT2D eigenvalue weighted by molar-refractivity contribution is 7.94. The largest absolute Gasteiger partial charge is 0.493 e. The number of aromatic amines is 4. The number of fused-ring (bicyclic) bond motifs is 9. The van der Waals surface area contributed by atoms with Crippen LogP contribution in [-0.4, -0.2) is 69.5 Å². The Kier molecular flexibility index (Phi) is 28.8. The summed E-state index contributed by atoms with van der Waals surface area (Å²) in [7, 11) is -3.17. The van der Waals surface area contributed by atoms with E-state index in [4.69, 9.17) is 4.74 Å². The Morgan fingerprint density at radius 1 is 0.423 bits per heavy atom. The Hall–Kier alpha value is -10.3. The number of aryl methyl sites for hydroxylation is 5. The third-order valence-electron chi connectivity index (χ3n) is 22.4. The molecule has 16 heteroatoms. The minimum Gasteiger partial charge on any atom is -0.493 e. The van der Waals surface area contributed by atoms with Crippen LogP contribution in [-0.2, 0) is 77.8 Å². The predicted molar refractivity (Wildman–Crippen MR) is 523 cm³/mol. The van der Waals surface area contributed by atoms with E-state index in [2.05, 4.69) is 386 Å². The van der Waals surface area contributed by atoms with Gasteiger partial charge in [-0.05, 0) is 248 Å². The van der Waals surface area contributed by atoms with Gasteiger partial charge in [0.2, 0.25) is 0 Å². The highest BCUT2D eigenvalue weighted by atomic mass is 32.2. The summed E-state index contributed by atoms with van der Waals surface area (Å²) in [5, 5.41) is 7.83. The Bertz CT molecular complexity index is 6110. The molecule has 3 aliphatic rings. The third kappa shape index (κ3) is 25.0. The van der Waals surface area contributed by atoms with Crippen LogP contribution in [0, 0.1) is 27.7 Å². The van der Waals surface area contributed by atoms with Gasteiger partial charge in [-0.3, -0.25) is 0 Å². The summed E-state index contributed by atoms with van der Waals surface area (Å²) in [4.78, 5) is 35.7. The number of hydrogen-bond donors (Lipinski definition) is 4. The van der Waals surface area contributed by atoms with Crippen LogP contribution in [0.25, 0.3) is 65.9 Å². The molecule has 652 valence electrons. The fourth-order valence-electron chi connectivity index (χ4n) is 14.6. The molecule has 0 saturated carbocycles. The Labute approximate surface area is 738 Å². The van der Waals surface area contributed by atoms with Crippen molar-refractivity contribution in [2.45, 2.75) is 294 Å². The number of sulfone groups is 1. The number of ether oxygens (including phenoxy) is 1. The number of aromatic nitrogens is 11. The van der Waals surface area contributed by atoms with E-state index in [9.17, 15) is 8.42 Å². The molecule has 15 aromatic rings. The molecule has 0 amide bonds.